The van der Waals surface area contributed by atoms with Crippen LogP contribution >= 0.6 is 15.9 Å². The van der Waals surface area contributed by atoms with Crippen LogP contribution in [0.25, 0.3) is 0 Å². The Morgan fingerprint density at radius 3 is 1.47 bits per heavy atom. The summed E-state index contributed by atoms with van der Waals surface area (Å²) >= 11 is 3.63. The van der Waals surface area contributed by atoms with Crippen LogP contribution in [0, 0.1) is 5.92 Å². The Balaban J connectivity index is 1.98. The van der Waals surface area contributed by atoms with E-state index in [1.165, 1.54) is 11.1 Å². The van der Waals surface area contributed by atoms with Gasteiger partial charge >= 0.3 is 0 Å². The van der Waals surface area contributed by atoms with Crippen molar-refractivity contribution in [3.63, 3.8) is 0 Å². The molecular weight excluding hydrogens is 272 g/mol. The molecule has 0 aromatic heterocycles. The Labute approximate surface area is 112 Å². The van der Waals surface area contributed by atoms with Gasteiger partial charge in [-0.2, -0.15) is 0 Å². The van der Waals surface area contributed by atoms with Gasteiger partial charge in [-0.15, -0.1) is 0 Å². The van der Waals surface area contributed by atoms with Crippen LogP contribution in [-0.2, 0) is 12.8 Å². The van der Waals surface area contributed by atoms with Crippen LogP contribution in [0.15, 0.2) is 60.7 Å². The molecule has 0 unspecified atom stereocenters. The fourth-order valence-electron chi connectivity index (χ4n) is 2.08. The third kappa shape index (κ3) is 4.01. The van der Waals surface area contributed by atoms with Gasteiger partial charge in [0.25, 0.3) is 0 Å². The quantitative estimate of drug-likeness (QED) is 0.712. The van der Waals surface area contributed by atoms with Gasteiger partial charge in [0.15, 0.2) is 0 Å². The molecule has 0 atom stereocenters. The first-order valence-electron chi connectivity index (χ1n) is 6.02. The third-order valence-electron chi connectivity index (χ3n) is 2.95. The molecule has 2 rings (SSSR count). The minimum absolute atomic E-state index is 0.666. The van der Waals surface area contributed by atoms with Crippen molar-refractivity contribution in [1.82, 2.24) is 0 Å². The molecule has 0 spiro atoms. The van der Waals surface area contributed by atoms with E-state index in [1.807, 2.05) is 0 Å². The van der Waals surface area contributed by atoms with Crippen LogP contribution in [0.5, 0.6) is 0 Å². The van der Waals surface area contributed by atoms with Gasteiger partial charge < -0.3 is 0 Å². The maximum absolute atomic E-state index is 3.63. The van der Waals surface area contributed by atoms with Crippen LogP contribution in [-0.4, -0.2) is 5.33 Å². The van der Waals surface area contributed by atoms with Gasteiger partial charge in [-0.1, -0.05) is 76.6 Å². The fraction of sp³-hybridized carbons (Fsp3) is 0.250. The molecule has 0 aliphatic carbocycles. The second kappa shape index (κ2) is 6.61. The summed E-state index contributed by atoms with van der Waals surface area (Å²) in [5, 5.41) is 1.05. The monoisotopic (exact) mass is 288 g/mol. The van der Waals surface area contributed by atoms with Crippen molar-refractivity contribution in [2.24, 2.45) is 5.92 Å². The SMILES string of the molecule is BrCC(Cc1ccccc1)Cc1ccccc1. The molecule has 2 aromatic carbocycles. The first kappa shape index (κ1) is 12.4. The van der Waals surface area contributed by atoms with E-state index in [-0.39, 0.29) is 0 Å². The molecule has 0 fully saturated rings. The van der Waals surface area contributed by atoms with E-state index in [1.54, 1.807) is 0 Å². The van der Waals surface area contributed by atoms with Crippen LogP contribution in [0.3, 0.4) is 0 Å². The molecule has 0 bridgehead atoms. The lowest BCUT2D eigenvalue weighted by Gasteiger charge is -2.14. The normalized spacial score (nSPS) is 10.7. The molecule has 0 radical (unpaired) electrons. The van der Waals surface area contributed by atoms with Crippen LogP contribution in [0.1, 0.15) is 11.1 Å². The van der Waals surface area contributed by atoms with Crippen molar-refractivity contribution in [2.75, 3.05) is 5.33 Å². The molecule has 2 aromatic rings. The lowest BCUT2D eigenvalue weighted by molar-refractivity contribution is 0.591. The van der Waals surface area contributed by atoms with E-state index in [4.69, 9.17) is 0 Å². The van der Waals surface area contributed by atoms with Crippen LogP contribution in [0.4, 0.5) is 0 Å². The number of rotatable bonds is 5. The lowest BCUT2D eigenvalue weighted by atomic mass is 9.94. The van der Waals surface area contributed by atoms with Gasteiger partial charge in [-0.3, -0.25) is 0 Å². The van der Waals surface area contributed by atoms with E-state index in [0.717, 1.165) is 18.2 Å². The number of alkyl halides is 1. The highest BCUT2D eigenvalue weighted by Crippen LogP contribution is 2.16. The van der Waals surface area contributed by atoms with Crippen LogP contribution < -0.4 is 0 Å². The smallest absolute Gasteiger partial charge is 0.00660 e. The van der Waals surface area contributed by atoms with E-state index in [9.17, 15) is 0 Å². The Hall–Kier alpha value is -1.08. The van der Waals surface area contributed by atoms with Crippen molar-refractivity contribution in [1.29, 1.82) is 0 Å². The average Bonchev–Trinajstić information content (AvgIpc) is 2.40. The summed E-state index contributed by atoms with van der Waals surface area (Å²) in [5.41, 5.74) is 2.85. The lowest BCUT2D eigenvalue weighted by Crippen LogP contribution is -2.09. The summed E-state index contributed by atoms with van der Waals surface area (Å²) in [5.74, 6) is 0.666. The number of benzene rings is 2. The highest BCUT2D eigenvalue weighted by atomic mass is 79.9. The maximum atomic E-state index is 3.63. The van der Waals surface area contributed by atoms with Crippen molar-refractivity contribution < 1.29 is 0 Å². The van der Waals surface area contributed by atoms with Gasteiger partial charge in [0.05, 0.1) is 0 Å². The number of hydrogen-bond acceptors (Lipinski definition) is 0. The predicted octanol–water partition coefficient (Wildman–Crippen LogP) is 4.48. The zero-order valence-electron chi connectivity index (χ0n) is 9.85. The first-order chi connectivity index (χ1) is 8.38. The maximum Gasteiger partial charge on any atom is 0.00660 e. The summed E-state index contributed by atoms with van der Waals surface area (Å²) < 4.78 is 0. The fourth-order valence-corrected chi connectivity index (χ4v) is 2.53. The Morgan fingerprint density at radius 2 is 1.12 bits per heavy atom. The second-order valence-electron chi connectivity index (χ2n) is 4.40. The minimum Gasteiger partial charge on any atom is -0.0925 e. The van der Waals surface area contributed by atoms with E-state index >= 15 is 0 Å². The minimum atomic E-state index is 0.666. The summed E-state index contributed by atoms with van der Waals surface area (Å²) in [6.45, 7) is 0. The van der Waals surface area contributed by atoms with E-state index in [2.05, 4.69) is 76.6 Å². The first-order valence-corrected chi connectivity index (χ1v) is 7.14. The van der Waals surface area contributed by atoms with Gasteiger partial charge in [0, 0.05) is 5.33 Å². The molecule has 0 aliphatic rings. The molecule has 0 amide bonds. The summed E-state index contributed by atoms with van der Waals surface area (Å²) in [7, 11) is 0. The molecule has 0 saturated carbocycles. The topological polar surface area (TPSA) is 0 Å². The molecule has 88 valence electrons. The molecule has 1 heteroatoms. The zero-order valence-corrected chi connectivity index (χ0v) is 11.4. The van der Waals surface area contributed by atoms with Crippen molar-refractivity contribution in [2.45, 2.75) is 12.8 Å². The molecular formula is C16H17Br. The Bertz CT molecular complexity index is 380. The third-order valence-corrected chi connectivity index (χ3v) is 3.87. The summed E-state index contributed by atoms with van der Waals surface area (Å²) in [4.78, 5) is 0. The van der Waals surface area contributed by atoms with Crippen molar-refractivity contribution in [3.8, 4) is 0 Å². The number of hydrogen-bond donors (Lipinski definition) is 0. The summed E-state index contributed by atoms with van der Waals surface area (Å²) in [6.07, 6.45) is 2.28. The van der Waals surface area contributed by atoms with Crippen LogP contribution in [0.2, 0.25) is 0 Å². The van der Waals surface area contributed by atoms with Gasteiger partial charge in [-0.25, -0.2) is 0 Å². The number of halogens is 1. The van der Waals surface area contributed by atoms with E-state index < -0.39 is 0 Å². The highest BCUT2D eigenvalue weighted by Gasteiger charge is 2.08. The molecule has 0 heterocycles. The Kier molecular flexibility index (Phi) is 4.81. The van der Waals surface area contributed by atoms with Gasteiger partial charge in [0.2, 0.25) is 0 Å². The van der Waals surface area contributed by atoms with Crippen molar-refractivity contribution in [3.05, 3.63) is 71.8 Å². The predicted molar refractivity (Wildman–Crippen MR) is 77.6 cm³/mol. The van der Waals surface area contributed by atoms with Gasteiger partial charge in [-0.05, 0) is 29.9 Å². The highest BCUT2D eigenvalue weighted by molar-refractivity contribution is 9.09. The molecule has 17 heavy (non-hydrogen) atoms. The Morgan fingerprint density at radius 1 is 0.706 bits per heavy atom. The molecule has 0 saturated heterocycles. The van der Waals surface area contributed by atoms with E-state index in [0.29, 0.717) is 5.92 Å². The molecule has 0 aliphatic heterocycles. The molecule has 0 N–H and O–H groups in total. The van der Waals surface area contributed by atoms with Crippen molar-refractivity contribution >= 4 is 15.9 Å². The summed E-state index contributed by atoms with van der Waals surface area (Å²) in [6, 6.07) is 21.4. The average molecular weight is 289 g/mol. The largest absolute Gasteiger partial charge is 0.0925 e. The zero-order chi connectivity index (χ0) is 11.9. The molecule has 0 nitrogen and oxygen atoms in total. The standard InChI is InChI=1S/C16H17Br/c17-13-16(11-14-7-3-1-4-8-14)12-15-9-5-2-6-10-15/h1-10,16H,11-13H2. The second-order valence-corrected chi connectivity index (χ2v) is 5.05. The van der Waals surface area contributed by atoms with Gasteiger partial charge in [0.1, 0.15) is 0 Å².